The number of hydrogen-bond acceptors (Lipinski definition) is 4. The van der Waals surface area contributed by atoms with Gasteiger partial charge in [-0.3, -0.25) is 9.59 Å². The summed E-state index contributed by atoms with van der Waals surface area (Å²) in [6, 6.07) is 0. The second-order valence-corrected chi connectivity index (χ2v) is 1.09. The zero-order chi connectivity index (χ0) is 7.86. The van der Waals surface area contributed by atoms with Crippen molar-refractivity contribution < 1.29 is 41.9 Å². The Bertz CT molecular complexity index is 99.1. The minimum absolute atomic E-state index is 0.300. The fourth-order valence-electron chi connectivity index (χ4n) is 0.202. The third kappa shape index (κ3) is 18.1. The van der Waals surface area contributed by atoms with E-state index in [0.29, 0.717) is 24.7 Å². The van der Waals surface area contributed by atoms with E-state index < -0.39 is 11.9 Å². The summed E-state index contributed by atoms with van der Waals surface area (Å²) in [6.07, 6.45) is 0. The SMILES string of the molecule is CC(=O)OC(C)=O.[O]=[Zr]. The molecule has 9 heavy (non-hydrogen) atoms. The van der Waals surface area contributed by atoms with Gasteiger partial charge in [-0.15, -0.1) is 0 Å². The zero-order valence-electron chi connectivity index (χ0n) is 5.13. The topological polar surface area (TPSA) is 60.4 Å². The molecule has 0 spiro atoms. The average molecular weight is 209 g/mol. The summed E-state index contributed by atoms with van der Waals surface area (Å²) < 4.78 is 12.3. The van der Waals surface area contributed by atoms with Crippen molar-refractivity contribution in [1.29, 1.82) is 0 Å². The van der Waals surface area contributed by atoms with E-state index in [1.807, 2.05) is 0 Å². The standard InChI is InChI=1S/C4H6O3.O.Zr/c1-3(5)7-4(2)6;;/h1-2H3;;. The van der Waals surface area contributed by atoms with Crippen molar-refractivity contribution in [1.82, 2.24) is 0 Å². The van der Waals surface area contributed by atoms with Crippen molar-refractivity contribution in [3.8, 4) is 0 Å². The van der Waals surface area contributed by atoms with Crippen LogP contribution in [0.4, 0.5) is 0 Å². The van der Waals surface area contributed by atoms with Gasteiger partial charge in [-0.25, -0.2) is 0 Å². The summed E-state index contributed by atoms with van der Waals surface area (Å²) in [7, 11) is 0. The predicted octanol–water partition coefficient (Wildman–Crippen LogP) is -0.0253. The first kappa shape index (κ1) is 11.6. The first-order valence-corrected chi connectivity index (χ1v) is 3.02. The van der Waals surface area contributed by atoms with Crippen LogP contribution >= 0.6 is 0 Å². The van der Waals surface area contributed by atoms with Crippen LogP contribution in [-0.2, 0) is 41.9 Å². The third-order valence-electron chi connectivity index (χ3n) is 0.287. The zero-order valence-corrected chi connectivity index (χ0v) is 7.59. The molecule has 5 heteroatoms. The second kappa shape index (κ2) is 7.82. The Morgan fingerprint density at radius 2 is 1.33 bits per heavy atom. The summed E-state index contributed by atoms with van der Waals surface area (Å²) in [5.41, 5.74) is 0. The molecule has 0 aliphatic heterocycles. The maximum absolute atomic E-state index is 9.81. The van der Waals surface area contributed by atoms with E-state index in [1.165, 1.54) is 13.8 Å². The number of hydrogen-bond donors (Lipinski definition) is 0. The van der Waals surface area contributed by atoms with Crippen molar-refractivity contribution in [3.63, 3.8) is 0 Å². The molecule has 50 valence electrons. The number of rotatable bonds is 0. The van der Waals surface area contributed by atoms with Gasteiger partial charge in [0.2, 0.25) is 0 Å². The van der Waals surface area contributed by atoms with E-state index in [4.69, 9.17) is 2.81 Å². The molecule has 0 saturated heterocycles. The average Bonchev–Trinajstić information content (AvgIpc) is 1.68. The summed E-state index contributed by atoms with van der Waals surface area (Å²) in [5, 5.41) is 0. The van der Waals surface area contributed by atoms with Gasteiger partial charge in [0.15, 0.2) is 0 Å². The number of carbonyl (C=O) groups is 2. The molecular weight excluding hydrogens is 203 g/mol. The summed E-state index contributed by atoms with van der Waals surface area (Å²) >= 11 is 0.300. The van der Waals surface area contributed by atoms with Crippen molar-refractivity contribution >= 4 is 11.9 Å². The quantitative estimate of drug-likeness (QED) is 0.415. The van der Waals surface area contributed by atoms with Crippen LogP contribution in [0.2, 0.25) is 0 Å². The van der Waals surface area contributed by atoms with Crippen LogP contribution in [-0.4, -0.2) is 11.9 Å². The Hall–Kier alpha value is -0.177. The minimum atomic E-state index is -0.562. The normalized spacial score (nSPS) is 6.33. The Morgan fingerprint density at radius 3 is 1.33 bits per heavy atom. The molecule has 0 saturated carbocycles. The van der Waals surface area contributed by atoms with Gasteiger partial charge < -0.3 is 4.74 Å². The molecule has 0 amide bonds. The van der Waals surface area contributed by atoms with Gasteiger partial charge in [0, 0.05) is 13.8 Å². The van der Waals surface area contributed by atoms with Crippen LogP contribution < -0.4 is 0 Å². The van der Waals surface area contributed by atoms with Gasteiger partial charge in [-0.05, 0) is 0 Å². The van der Waals surface area contributed by atoms with E-state index in [2.05, 4.69) is 4.74 Å². The van der Waals surface area contributed by atoms with Crippen LogP contribution in [0.3, 0.4) is 0 Å². The van der Waals surface area contributed by atoms with Gasteiger partial charge in [0.05, 0.1) is 0 Å². The van der Waals surface area contributed by atoms with Crippen LogP contribution in [0.5, 0.6) is 0 Å². The van der Waals surface area contributed by atoms with E-state index in [9.17, 15) is 9.59 Å². The molecule has 0 aliphatic carbocycles. The van der Waals surface area contributed by atoms with Gasteiger partial charge in [-0.1, -0.05) is 0 Å². The van der Waals surface area contributed by atoms with E-state index in [-0.39, 0.29) is 0 Å². The summed E-state index contributed by atoms with van der Waals surface area (Å²) in [6.45, 7) is 2.36. The Labute approximate surface area is 67.9 Å². The molecule has 4 nitrogen and oxygen atoms in total. The molecule has 0 bridgehead atoms. The Morgan fingerprint density at radius 1 is 1.11 bits per heavy atom. The predicted molar refractivity (Wildman–Crippen MR) is 23.1 cm³/mol. The van der Waals surface area contributed by atoms with Crippen LogP contribution in [0.1, 0.15) is 13.8 Å². The summed E-state index contributed by atoms with van der Waals surface area (Å²) in [4.78, 5) is 19.6. The second-order valence-electron chi connectivity index (χ2n) is 1.09. The maximum atomic E-state index is 9.81. The monoisotopic (exact) mass is 208 g/mol. The molecule has 0 heterocycles. The van der Waals surface area contributed by atoms with E-state index in [1.54, 1.807) is 0 Å². The van der Waals surface area contributed by atoms with Crippen molar-refractivity contribution in [2.24, 2.45) is 0 Å². The molecule has 0 aromatic rings. The van der Waals surface area contributed by atoms with Crippen molar-refractivity contribution in [2.75, 3.05) is 0 Å². The molecule has 0 rings (SSSR count). The van der Waals surface area contributed by atoms with Crippen molar-refractivity contribution in [2.45, 2.75) is 13.8 Å². The van der Waals surface area contributed by atoms with E-state index in [0.717, 1.165) is 0 Å². The van der Waals surface area contributed by atoms with Gasteiger partial charge in [0.1, 0.15) is 0 Å². The molecule has 0 radical (unpaired) electrons. The third-order valence-corrected chi connectivity index (χ3v) is 0.287. The first-order valence-electron chi connectivity index (χ1n) is 2.02. The van der Waals surface area contributed by atoms with Crippen LogP contribution in [0.25, 0.3) is 0 Å². The summed E-state index contributed by atoms with van der Waals surface area (Å²) in [5.74, 6) is -1.12. The molecule has 0 atom stereocenters. The molecule has 0 aromatic heterocycles. The fraction of sp³-hybridized carbons (Fsp3) is 0.500. The van der Waals surface area contributed by atoms with Crippen LogP contribution in [0.15, 0.2) is 0 Å². The molecule has 0 N–H and O–H groups in total. The Balaban J connectivity index is 0. The molecule has 0 unspecified atom stereocenters. The van der Waals surface area contributed by atoms with Gasteiger partial charge in [-0.2, -0.15) is 0 Å². The Kier molecular flexibility index (Phi) is 10.1. The molecule has 0 aromatic carbocycles. The fourth-order valence-corrected chi connectivity index (χ4v) is 0.202. The van der Waals surface area contributed by atoms with E-state index >= 15 is 0 Å². The number of ether oxygens (including phenoxy) is 1. The molecule has 0 fully saturated rings. The number of carbonyl (C=O) groups excluding carboxylic acids is 2. The molecule has 0 aliphatic rings. The van der Waals surface area contributed by atoms with Crippen LogP contribution in [0, 0.1) is 0 Å². The molecular formula is C4H6O4Zr. The van der Waals surface area contributed by atoms with Gasteiger partial charge in [0.25, 0.3) is 0 Å². The number of esters is 2. The van der Waals surface area contributed by atoms with Crippen molar-refractivity contribution in [3.05, 3.63) is 0 Å². The first-order chi connectivity index (χ1) is 4.13. The van der Waals surface area contributed by atoms with Gasteiger partial charge >= 0.3 is 39.5 Å².